The van der Waals surface area contributed by atoms with E-state index in [-0.39, 0.29) is 37.5 Å². The Morgan fingerprint density at radius 1 is 1.12 bits per heavy atom. The van der Waals surface area contributed by atoms with Crippen molar-refractivity contribution in [1.29, 1.82) is 0 Å². The van der Waals surface area contributed by atoms with Gasteiger partial charge in [0.05, 0.1) is 12.6 Å². The number of aliphatic hydroxyl groups excluding tert-OH is 1. The summed E-state index contributed by atoms with van der Waals surface area (Å²) in [4.78, 5) is 29.8. The molecule has 1 saturated heterocycles. The second-order valence-electron chi connectivity index (χ2n) is 8.47. The van der Waals surface area contributed by atoms with Gasteiger partial charge in [-0.05, 0) is 42.7 Å². The summed E-state index contributed by atoms with van der Waals surface area (Å²) in [5.74, 6) is 0.981. The van der Waals surface area contributed by atoms with Crippen LogP contribution in [0.5, 0.6) is 11.5 Å². The van der Waals surface area contributed by atoms with Crippen LogP contribution in [0.4, 0.5) is 0 Å². The third-order valence-corrected chi connectivity index (χ3v) is 6.51. The van der Waals surface area contributed by atoms with Gasteiger partial charge in [0.25, 0.3) is 5.91 Å². The Kier molecular flexibility index (Phi) is 4.45. The molecular weight excluding hydrogens is 424 g/mol. The number of piperazine rings is 1. The second-order valence-corrected chi connectivity index (χ2v) is 8.47. The number of allylic oxidation sites excluding steroid dienone is 2. The molecule has 3 heterocycles. The highest BCUT2D eigenvalue weighted by Gasteiger charge is 2.49. The molecule has 0 bridgehead atoms. The lowest BCUT2D eigenvalue weighted by Crippen LogP contribution is -2.55. The van der Waals surface area contributed by atoms with Crippen molar-refractivity contribution in [2.24, 2.45) is 0 Å². The molecule has 3 aliphatic heterocycles. The van der Waals surface area contributed by atoms with Crippen LogP contribution in [0.15, 0.2) is 60.0 Å². The van der Waals surface area contributed by atoms with E-state index < -0.39 is 12.3 Å². The molecular formula is C25H22N2O6. The van der Waals surface area contributed by atoms with E-state index in [0.717, 1.165) is 23.1 Å². The molecule has 2 atom stereocenters. The van der Waals surface area contributed by atoms with Crippen LogP contribution in [-0.4, -0.2) is 52.7 Å². The summed E-state index contributed by atoms with van der Waals surface area (Å²) < 4.78 is 17.3. The zero-order valence-electron chi connectivity index (χ0n) is 18.0. The summed E-state index contributed by atoms with van der Waals surface area (Å²) in [7, 11) is 0. The normalized spacial score (nSPS) is 21.8. The van der Waals surface area contributed by atoms with Gasteiger partial charge in [-0.3, -0.25) is 14.5 Å². The molecule has 0 radical (unpaired) electrons. The average molecular weight is 446 g/mol. The van der Waals surface area contributed by atoms with E-state index in [0.29, 0.717) is 22.8 Å². The van der Waals surface area contributed by atoms with E-state index in [2.05, 4.69) is 0 Å². The number of hydrogen-bond donors (Lipinski definition) is 1. The van der Waals surface area contributed by atoms with Crippen LogP contribution in [0.3, 0.4) is 0 Å². The van der Waals surface area contributed by atoms with Gasteiger partial charge in [0, 0.05) is 11.1 Å². The van der Waals surface area contributed by atoms with Crippen molar-refractivity contribution < 1.29 is 28.9 Å². The monoisotopic (exact) mass is 446 g/mol. The first-order valence-corrected chi connectivity index (χ1v) is 10.9. The maximum absolute atomic E-state index is 13.6. The number of nitrogens with zero attached hydrogens (tertiary/aromatic N) is 2. The first kappa shape index (κ1) is 19.9. The first-order chi connectivity index (χ1) is 16.1. The minimum absolute atomic E-state index is 0.128. The number of rotatable bonds is 4. The standard InChI is InChI=1S/C25H22N2O6/c1-14(12-28)26-11-21(29)27-22(24(26)30)23(18-8-6-15-4-2-3-5-17(15)18)33-25(27)16-7-9-19-20(10-16)32-13-31-19/h2-5,7-10,14,25,28H,6,11-13H2,1H3/t14-,25?/m0/s1. The summed E-state index contributed by atoms with van der Waals surface area (Å²) in [6.07, 6.45) is 1.94. The van der Waals surface area contributed by atoms with Crippen molar-refractivity contribution in [2.75, 3.05) is 19.9 Å². The summed E-state index contributed by atoms with van der Waals surface area (Å²) in [5, 5.41) is 9.66. The van der Waals surface area contributed by atoms with E-state index in [9.17, 15) is 14.7 Å². The van der Waals surface area contributed by atoms with Crippen molar-refractivity contribution in [2.45, 2.75) is 25.6 Å². The predicted molar refractivity (Wildman–Crippen MR) is 117 cm³/mol. The molecule has 4 aliphatic rings. The van der Waals surface area contributed by atoms with Gasteiger partial charge in [-0.1, -0.05) is 30.3 Å². The Hall–Kier alpha value is -3.78. The largest absolute Gasteiger partial charge is 0.463 e. The van der Waals surface area contributed by atoms with E-state index >= 15 is 0 Å². The van der Waals surface area contributed by atoms with Crippen molar-refractivity contribution >= 4 is 17.4 Å². The third kappa shape index (κ3) is 2.94. The average Bonchev–Trinajstić information content (AvgIpc) is 3.56. The molecule has 1 N–H and O–H groups in total. The number of amides is 2. The minimum atomic E-state index is -0.804. The van der Waals surface area contributed by atoms with Gasteiger partial charge in [-0.2, -0.15) is 0 Å². The molecule has 2 amide bonds. The van der Waals surface area contributed by atoms with E-state index in [1.54, 1.807) is 19.1 Å². The number of carbonyl (C=O) groups excluding carboxylic acids is 2. The van der Waals surface area contributed by atoms with E-state index in [1.165, 1.54) is 9.80 Å². The summed E-state index contributed by atoms with van der Waals surface area (Å²) >= 11 is 0. The SMILES string of the molecule is C[C@@H](CO)N1CC(=O)N2C(=C(C3=CCc4ccccc43)OC2c2ccc3c(c2)OCO3)C1=O. The first-order valence-electron chi connectivity index (χ1n) is 10.9. The van der Waals surface area contributed by atoms with Crippen molar-refractivity contribution in [3.63, 3.8) is 0 Å². The number of ether oxygens (including phenoxy) is 3. The maximum atomic E-state index is 13.6. The van der Waals surface area contributed by atoms with Gasteiger partial charge in [-0.15, -0.1) is 0 Å². The Balaban J connectivity index is 1.47. The number of hydrogen-bond acceptors (Lipinski definition) is 6. The second kappa shape index (κ2) is 7.38. The van der Waals surface area contributed by atoms with Crippen LogP contribution in [0, 0.1) is 0 Å². The lowest BCUT2D eigenvalue weighted by molar-refractivity contribution is -0.152. The molecule has 0 spiro atoms. The molecule has 0 saturated carbocycles. The molecule has 8 nitrogen and oxygen atoms in total. The summed E-state index contributed by atoms with van der Waals surface area (Å²) in [6.45, 7) is 1.49. The van der Waals surface area contributed by atoms with Gasteiger partial charge < -0.3 is 24.2 Å². The number of carbonyl (C=O) groups is 2. The Labute approximate surface area is 190 Å². The topological polar surface area (TPSA) is 88.5 Å². The third-order valence-electron chi connectivity index (χ3n) is 6.51. The van der Waals surface area contributed by atoms with Crippen molar-refractivity contribution in [3.05, 3.63) is 76.7 Å². The fraction of sp³-hybridized carbons (Fsp3) is 0.280. The molecule has 1 fully saturated rings. The van der Waals surface area contributed by atoms with Gasteiger partial charge in [0.2, 0.25) is 18.9 Å². The number of fused-ring (bicyclic) bond motifs is 3. The van der Waals surface area contributed by atoms with Crippen LogP contribution in [0.2, 0.25) is 0 Å². The fourth-order valence-electron chi connectivity index (χ4n) is 4.76. The van der Waals surface area contributed by atoms with Crippen molar-refractivity contribution in [1.82, 2.24) is 9.80 Å². The molecule has 0 aromatic heterocycles. The number of benzene rings is 2. The van der Waals surface area contributed by atoms with Gasteiger partial charge in [0.1, 0.15) is 6.54 Å². The summed E-state index contributed by atoms with van der Waals surface area (Å²) in [6, 6.07) is 12.8. The smallest absolute Gasteiger partial charge is 0.275 e. The molecule has 2 aromatic carbocycles. The lowest BCUT2D eigenvalue weighted by Gasteiger charge is -2.37. The van der Waals surface area contributed by atoms with Crippen molar-refractivity contribution in [3.8, 4) is 11.5 Å². The molecule has 8 heteroatoms. The molecule has 2 aromatic rings. The van der Waals surface area contributed by atoms with Gasteiger partial charge >= 0.3 is 0 Å². The minimum Gasteiger partial charge on any atom is -0.463 e. The lowest BCUT2D eigenvalue weighted by atomic mass is 10.0. The Bertz CT molecular complexity index is 1250. The molecule has 168 valence electrons. The Morgan fingerprint density at radius 3 is 2.79 bits per heavy atom. The highest BCUT2D eigenvalue weighted by molar-refractivity contribution is 6.07. The molecule has 1 unspecified atom stereocenters. The zero-order chi connectivity index (χ0) is 22.7. The van der Waals surface area contributed by atoms with Crippen LogP contribution < -0.4 is 9.47 Å². The number of aliphatic hydroxyl groups is 1. The quantitative estimate of drug-likeness (QED) is 0.776. The maximum Gasteiger partial charge on any atom is 0.275 e. The van der Waals surface area contributed by atoms with E-state index in [1.807, 2.05) is 36.4 Å². The van der Waals surface area contributed by atoms with E-state index in [4.69, 9.17) is 14.2 Å². The summed E-state index contributed by atoms with van der Waals surface area (Å²) in [5.41, 5.74) is 3.81. The highest BCUT2D eigenvalue weighted by Crippen LogP contribution is 2.47. The molecule has 33 heavy (non-hydrogen) atoms. The van der Waals surface area contributed by atoms with Crippen LogP contribution in [0.25, 0.3) is 5.57 Å². The fourth-order valence-corrected chi connectivity index (χ4v) is 4.76. The van der Waals surface area contributed by atoms with Gasteiger partial charge in [0.15, 0.2) is 23.0 Å². The molecule has 1 aliphatic carbocycles. The van der Waals surface area contributed by atoms with Crippen LogP contribution in [-0.2, 0) is 20.7 Å². The zero-order valence-corrected chi connectivity index (χ0v) is 18.0. The van der Waals surface area contributed by atoms with Crippen LogP contribution >= 0.6 is 0 Å². The van der Waals surface area contributed by atoms with Crippen LogP contribution in [0.1, 0.15) is 29.8 Å². The Morgan fingerprint density at radius 2 is 1.94 bits per heavy atom. The van der Waals surface area contributed by atoms with Gasteiger partial charge in [-0.25, -0.2) is 0 Å². The molecule has 6 rings (SSSR count). The predicted octanol–water partition coefficient (Wildman–Crippen LogP) is 2.35. The highest BCUT2D eigenvalue weighted by atomic mass is 16.7.